The van der Waals surface area contributed by atoms with Crippen molar-refractivity contribution >= 4 is 0 Å². The molecule has 0 aliphatic carbocycles. The topological polar surface area (TPSA) is 21.3 Å². The first-order valence-electron chi connectivity index (χ1n) is 6.30. The molecule has 0 amide bonds. The Morgan fingerprint density at radius 3 is 2.67 bits per heavy atom. The molecule has 0 spiro atoms. The van der Waals surface area contributed by atoms with Gasteiger partial charge in [-0.2, -0.15) is 0 Å². The third-order valence-electron chi connectivity index (χ3n) is 2.66. The number of benzene rings is 1. The van der Waals surface area contributed by atoms with Gasteiger partial charge in [0.2, 0.25) is 0 Å². The second-order valence-electron chi connectivity index (χ2n) is 4.56. The van der Waals surface area contributed by atoms with Gasteiger partial charge in [-0.05, 0) is 32.9 Å². The Kier molecular flexibility index (Phi) is 5.86. The molecule has 2 nitrogen and oxygen atoms in total. The van der Waals surface area contributed by atoms with Gasteiger partial charge in [0.1, 0.15) is 11.6 Å². The van der Waals surface area contributed by atoms with E-state index in [0.29, 0.717) is 11.3 Å². The summed E-state index contributed by atoms with van der Waals surface area (Å²) in [5, 5.41) is 3.34. The van der Waals surface area contributed by atoms with E-state index in [-0.39, 0.29) is 11.9 Å². The number of hydrogen-bond acceptors (Lipinski definition) is 2. The summed E-state index contributed by atoms with van der Waals surface area (Å²) < 4.78 is 19.0. The molecule has 0 aliphatic heterocycles. The van der Waals surface area contributed by atoms with Crippen molar-refractivity contribution in [1.82, 2.24) is 5.32 Å². The van der Waals surface area contributed by atoms with Crippen molar-refractivity contribution in [2.75, 3.05) is 13.7 Å². The van der Waals surface area contributed by atoms with Crippen LogP contribution in [0.2, 0.25) is 0 Å². The highest BCUT2D eigenvalue weighted by Gasteiger charge is 2.13. The van der Waals surface area contributed by atoms with E-state index in [1.807, 2.05) is 19.9 Å². The molecule has 0 aromatic heterocycles. The molecule has 1 aromatic rings. The van der Waals surface area contributed by atoms with E-state index in [9.17, 15) is 4.39 Å². The molecule has 0 radical (unpaired) electrons. The van der Waals surface area contributed by atoms with Crippen LogP contribution in [0.25, 0.3) is 0 Å². The normalized spacial score (nSPS) is 12.1. The van der Waals surface area contributed by atoms with Crippen molar-refractivity contribution in [1.29, 1.82) is 0 Å². The number of ether oxygens (including phenoxy) is 1. The molecule has 1 aromatic carbocycles. The number of rotatable bonds is 6. The molecule has 0 heterocycles. The molecule has 0 bridgehead atoms. The van der Waals surface area contributed by atoms with Gasteiger partial charge in [-0.3, -0.25) is 0 Å². The average Bonchev–Trinajstić information content (AvgIpc) is 2.34. The van der Waals surface area contributed by atoms with Gasteiger partial charge < -0.3 is 10.1 Å². The fraction of sp³-hybridized carbons (Fsp3) is 0.467. The van der Waals surface area contributed by atoms with Crippen LogP contribution in [0.3, 0.4) is 0 Å². The molecule has 1 unspecified atom stereocenters. The third kappa shape index (κ3) is 4.15. The monoisotopic (exact) mass is 251 g/mol. The van der Waals surface area contributed by atoms with Gasteiger partial charge in [0.15, 0.2) is 0 Å². The summed E-state index contributed by atoms with van der Waals surface area (Å²) in [7, 11) is 1.54. The summed E-state index contributed by atoms with van der Waals surface area (Å²) in [4.78, 5) is 0. The highest BCUT2D eigenvalue weighted by Crippen LogP contribution is 2.23. The maximum atomic E-state index is 14.0. The number of halogens is 1. The van der Waals surface area contributed by atoms with Crippen molar-refractivity contribution in [3.05, 3.63) is 41.2 Å². The minimum absolute atomic E-state index is 0.0825. The molecular weight excluding hydrogens is 229 g/mol. The average molecular weight is 251 g/mol. The first-order chi connectivity index (χ1) is 8.58. The van der Waals surface area contributed by atoms with Gasteiger partial charge in [-0.1, -0.05) is 24.6 Å². The van der Waals surface area contributed by atoms with Crippen molar-refractivity contribution < 1.29 is 9.13 Å². The van der Waals surface area contributed by atoms with E-state index in [1.54, 1.807) is 12.1 Å². The lowest BCUT2D eigenvalue weighted by Crippen LogP contribution is -2.21. The van der Waals surface area contributed by atoms with E-state index < -0.39 is 0 Å². The fourth-order valence-corrected chi connectivity index (χ4v) is 1.78. The summed E-state index contributed by atoms with van der Waals surface area (Å²) >= 11 is 0. The van der Waals surface area contributed by atoms with Gasteiger partial charge in [0.05, 0.1) is 13.2 Å². The van der Waals surface area contributed by atoms with Crippen LogP contribution in [0.1, 0.15) is 38.8 Å². The van der Waals surface area contributed by atoms with Crippen LogP contribution in [0, 0.1) is 5.82 Å². The van der Waals surface area contributed by atoms with Crippen molar-refractivity contribution in [2.24, 2.45) is 0 Å². The zero-order valence-electron chi connectivity index (χ0n) is 11.6. The van der Waals surface area contributed by atoms with Crippen molar-refractivity contribution in [3.8, 4) is 5.75 Å². The Balaban J connectivity index is 3.00. The standard InChI is InChI=1S/C15H22FNO/c1-5-8-17-15(9-11(2)3)13-7-6-12(18-4)10-14(13)16/h6-7,9-10,15,17H,5,8H2,1-4H3. The molecule has 0 saturated carbocycles. The Hall–Kier alpha value is -1.35. The summed E-state index contributed by atoms with van der Waals surface area (Å²) in [5.74, 6) is 0.308. The lowest BCUT2D eigenvalue weighted by atomic mass is 10.0. The van der Waals surface area contributed by atoms with Crippen LogP contribution in [-0.2, 0) is 0 Å². The highest BCUT2D eigenvalue weighted by molar-refractivity contribution is 5.33. The van der Waals surface area contributed by atoms with Gasteiger partial charge in [-0.25, -0.2) is 4.39 Å². The second-order valence-corrected chi connectivity index (χ2v) is 4.56. The van der Waals surface area contributed by atoms with Crippen LogP contribution < -0.4 is 10.1 Å². The largest absolute Gasteiger partial charge is 0.497 e. The van der Waals surface area contributed by atoms with Crippen molar-refractivity contribution in [3.63, 3.8) is 0 Å². The smallest absolute Gasteiger partial charge is 0.131 e. The Labute approximate surface area is 109 Å². The Bertz CT molecular complexity index is 411. The minimum Gasteiger partial charge on any atom is -0.497 e. The quantitative estimate of drug-likeness (QED) is 0.776. The maximum Gasteiger partial charge on any atom is 0.131 e. The van der Waals surface area contributed by atoms with E-state index in [1.165, 1.54) is 18.7 Å². The van der Waals surface area contributed by atoms with Crippen LogP contribution in [-0.4, -0.2) is 13.7 Å². The first-order valence-corrected chi connectivity index (χ1v) is 6.30. The minimum atomic E-state index is -0.236. The summed E-state index contributed by atoms with van der Waals surface area (Å²) in [6, 6.07) is 4.91. The van der Waals surface area contributed by atoms with Crippen LogP contribution >= 0.6 is 0 Å². The highest BCUT2D eigenvalue weighted by atomic mass is 19.1. The molecule has 0 fully saturated rings. The van der Waals surface area contributed by atoms with E-state index in [2.05, 4.69) is 12.2 Å². The van der Waals surface area contributed by atoms with Gasteiger partial charge in [0.25, 0.3) is 0 Å². The Morgan fingerprint density at radius 2 is 2.17 bits per heavy atom. The van der Waals surface area contributed by atoms with Crippen LogP contribution in [0.4, 0.5) is 4.39 Å². The third-order valence-corrected chi connectivity index (χ3v) is 2.66. The van der Waals surface area contributed by atoms with E-state index >= 15 is 0 Å². The summed E-state index contributed by atoms with van der Waals surface area (Å²) in [5.41, 5.74) is 1.82. The SMILES string of the molecule is CCCNC(C=C(C)C)c1ccc(OC)cc1F. The molecule has 0 saturated heterocycles. The Morgan fingerprint density at radius 1 is 1.44 bits per heavy atom. The van der Waals surface area contributed by atoms with E-state index in [4.69, 9.17) is 4.74 Å². The molecule has 1 N–H and O–H groups in total. The summed E-state index contributed by atoms with van der Waals surface area (Å²) in [6.07, 6.45) is 3.06. The molecule has 0 aliphatic rings. The predicted molar refractivity (Wildman–Crippen MR) is 73.4 cm³/mol. The van der Waals surface area contributed by atoms with Gasteiger partial charge >= 0.3 is 0 Å². The van der Waals surface area contributed by atoms with Crippen LogP contribution in [0.5, 0.6) is 5.75 Å². The number of methoxy groups -OCH3 is 1. The fourth-order valence-electron chi connectivity index (χ4n) is 1.78. The molecule has 100 valence electrons. The maximum absolute atomic E-state index is 14.0. The molecule has 1 atom stereocenters. The van der Waals surface area contributed by atoms with Crippen LogP contribution in [0.15, 0.2) is 29.8 Å². The first kappa shape index (κ1) is 14.7. The predicted octanol–water partition coefficient (Wildman–Crippen LogP) is 3.84. The molecule has 3 heteroatoms. The number of hydrogen-bond donors (Lipinski definition) is 1. The molecule has 18 heavy (non-hydrogen) atoms. The van der Waals surface area contributed by atoms with Gasteiger partial charge in [-0.15, -0.1) is 0 Å². The van der Waals surface area contributed by atoms with Gasteiger partial charge in [0, 0.05) is 11.6 Å². The number of nitrogens with one attached hydrogen (secondary N) is 1. The zero-order chi connectivity index (χ0) is 13.5. The van der Waals surface area contributed by atoms with Crippen molar-refractivity contribution in [2.45, 2.75) is 33.2 Å². The number of allylic oxidation sites excluding steroid dienone is 1. The lowest BCUT2D eigenvalue weighted by Gasteiger charge is -2.17. The second kappa shape index (κ2) is 7.17. The van der Waals surface area contributed by atoms with E-state index in [0.717, 1.165) is 13.0 Å². The zero-order valence-corrected chi connectivity index (χ0v) is 11.6. The molecular formula is C15H22FNO. The summed E-state index contributed by atoms with van der Waals surface area (Å²) in [6.45, 7) is 6.99. The molecule has 1 rings (SSSR count). The lowest BCUT2D eigenvalue weighted by molar-refractivity contribution is 0.410.